The van der Waals surface area contributed by atoms with E-state index >= 15 is 0 Å². The molecule has 0 spiro atoms. The van der Waals surface area contributed by atoms with Crippen molar-refractivity contribution in [2.24, 2.45) is 11.5 Å². The van der Waals surface area contributed by atoms with Gasteiger partial charge in [-0.15, -0.1) is 0 Å². The molecule has 2 atom stereocenters. The predicted molar refractivity (Wildman–Crippen MR) is 35.5 cm³/mol. The summed E-state index contributed by atoms with van der Waals surface area (Å²) < 4.78 is 0. The highest BCUT2D eigenvalue weighted by Crippen LogP contribution is 1.85. The monoisotopic (exact) mass is 120 g/mol. The van der Waals surface area contributed by atoms with E-state index in [-0.39, 0.29) is 12.1 Å². The minimum atomic E-state index is 0.0448. The summed E-state index contributed by atoms with van der Waals surface area (Å²) in [5.74, 6) is 0.664. The lowest BCUT2D eigenvalue weighted by Crippen LogP contribution is -2.40. The molecule has 0 fully saturated rings. The highest BCUT2D eigenvalue weighted by Gasteiger charge is 2.02. The SMILES string of the molecule is CC(N)C(N)CS. The van der Waals surface area contributed by atoms with Crippen LogP contribution in [-0.4, -0.2) is 17.8 Å². The van der Waals surface area contributed by atoms with Crippen LogP contribution in [0.1, 0.15) is 6.92 Å². The van der Waals surface area contributed by atoms with Crippen LogP contribution in [0.2, 0.25) is 0 Å². The number of hydrogen-bond acceptors (Lipinski definition) is 3. The molecule has 0 saturated carbocycles. The molecule has 0 bridgehead atoms. The Kier molecular flexibility index (Phi) is 3.42. The van der Waals surface area contributed by atoms with Gasteiger partial charge in [0.25, 0.3) is 0 Å². The normalized spacial score (nSPS) is 18.9. The minimum Gasteiger partial charge on any atom is -0.327 e. The number of rotatable bonds is 2. The molecule has 0 rings (SSSR count). The van der Waals surface area contributed by atoms with Crippen molar-refractivity contribution in [1.29, 1.82) is 0 Å². The molecular formula is C4H12N2S. The summed E-state index contributed by atoms with van der Waals surface area (Å²) in [6.45, 7) is 1.88. The zero-order chi connectivity index (χ0) is 5.86. The van der Waals surface area contributed by atoms with Crippen molar-refractivity contribution in [3.8, 4) is 0 Å². The molecule has 4 N–H and O–H groups in total. The van der Waals surface area contributed by atoms with Gasteiger partial charge in [-0.05, 0) is 6.92 Å². The first-order valence-electron chi connectivity index (χ1n) is 2.30. The van der Waals surface area contributed by atoms with Crippen molar-refractivity contribution in [3.63, 3.8) is 0 Å². The molecule has 0 amide bonds. The Morgan fingerprint density at radius 3 is 2.00 bits per heavy atom. The molecule has 0 aliphatic rings. The molecule has 44 valence electrons. The summed E-state index contributed by atoms with van der Waals surface area (Å²) in [7, 11) is 0. The molecule has 0 aliphatic heterocycles. The largest absolute Gasteiger partial charge is 0.327 e. The summed E-state index contributed by atoms with van der Waals surface area (Å²) >= 11 is 3.95. The van der Waals surface area contributed by atoms with Crippen LogP contribution in [0.15, 0.2) is 0 Å². The first-order chi connectivity index (χ1) is 3.18. The third-order valence-corrected chi connectivity index (χ3v) is 1.31. The van der Waals surface area contributed by atoms with E-state index in [1.54, 1.807) is 0 Å². The molecule has 0 aromatic carbocycles. The Balaban J connectivity index is 3.14. The van der Waals surface area contributed by atoms with E-state index in [0.717, 1.165) is 0 Å². The third kappa shape index (κ3) is 2.91. The average Bonchev–Trinajstić information content (AvgIpc) is 1.65. The van der Waals surface area contributed by atoms with Gasteiger partial charge in [0.2, 0.25) is 0 Å². The number of thiol groups is 1. The maximum atomic E-state index is 5.41. The zero-order valence-corrected chi connectivity index (χ0v) is 5.36. The zero-order valence-electron chi connectivity index (χ0n) is 4.46. The van der Waals surface area contributed by atoms with E-state index in [4.69, 9.17) is 11.5 Å². The quantitative estimate of drug-likeness (QED) is 0.434. The van der Waals surface area contributed by atoms with Crippen LogP contribution in [-0.2, 0) is 0 Å². The average molecular weight is 120 g/mol. The molecule has 7 heavy (non-hydrogen) atoms. The van der Waals surface area contributed by atoms with Crippen molar-refractivity contribution in [3.05, 3.63) is 0 Å². The van der Waals surface area contributed by atoms with Crippen molar-refractivity contribution >= 4 is 12.6 Å². The molecular weight excluding hydrogens is 108 g/mol. The van der Waals surface area contributed by atoms with Crippen molar-refractivity contribution in [1.82, 2.24) is 0 Å². The van der Waals surface area contributed by atoms with Gasteiger partial charge in [0.1, 0.15) is 0 Å². The Bertz CT molecular complexity index is 47.0. The van der Waals surface area contributed by atoms with Crippen LogP contribution in [0.4, 0.5) is 0 Å². The highest BCUT2D eigenvalue weighted by molar-refractivity contribution is 7.80. The summed E-state index contributed by atoms with van der Waals surface area (Å²) in [5, 5.41) is 0. The molecule has 2 unspecified atom stereocenters. The van der Waals surface area contributed by atoms with Gasteiger partial charge in [0.15, 0.2) is 0 Å². The summed E-state index contributed by atoms with van der Waals surface area (Å²) in [6.07, 6.45) is 0. The first kappa shape index (κ1) is 7.27. The van der Waals surface area contributed by atoms with Crippen molar-refractivity contribution in [2.75, 3.05) is 5.75 Å². The maximum absolute atomic E-state index is 5.41. The predicted octanol–water partition coefficient (Wildman–Crippen LogP) is -0.409. The lowest BCUT2D eigenvalue weighted by molar-refractivity contribution is 0.612. The second-order valence-corrected chi connectivity index (χ2v) is 2.07. The van der Waals surface area contributed by atoms with Crippen LogP contribution in [0.5, 0.6) is 0 Å². The maximum Gasteiger partial charge on any atom is 0.0279 e. The van der Waals surface area contributed by atoms with Crippen LogP contribution in [0.3, 0.4) is 0 Å². The molecule has 0 heterocycles. The Morgan fingerprint density at radius 2 is 2.00 bits per heavy atom. The van der Waals surface area contributed by atoms with E-state index in [9.17, 15) is 0 Å². The minimum absolute atomic E-state index is 0.0448. The molecule has 3 heteroatoms. The van der Waals surface area contributed by atoms with Crippen LogP contribution < -0.4 is 11.5 Å². The molecule has 0 aromatic rings. The van der Waals surface area contributed by atoms with E-state index < -0.39 is 0 Å². The second-order valence-electron chi connectivity index (χ2n) is 1.71. The molecule has 0 radical (unpaired) electrons. The Labute approximate surface area is 49.7 Å². The lowest BCUT2D eigenvalue weighted by Gasteiger charge is -2.10. The van der Waals surface area contributed by atoms with Crippen LogP contribution >= 0.6 is 12.6 Å². The van der Waals surface area contributed by atoms with Gasteiger partial charge in [-0.3, -0.25) is 0 Å². The van der Waals surface area contributed by atoms with Gasteiger partial charge in [-0.2, -0.15) is 12.6 Å². The molecule has 0 saturated heterocycles. The fourth-order valence-corrected chi connectivity index (χ4v) is 0.499. The van der Waals surface area contributed by atoms with E-state index in [2.05, 4.69) is 12.6 Å². The summed E-state index contributed by atoms with van der Waals surface area (Å²) in [4.78, 5) is 0. The molecule has 0 aliphatic carbocycles. The van der Waals surface area contributed by atoms with Gasteiger partial charge in [-0.1, -0.05) is 0 Å². The van der Waals surface area contributed by atoms with Crippen molar-refractivity contribution in [2.45, 2.75) is 19.0 Å². The van der Waals surface area contributed by atoms with Gasteiger partial charge < -0.3 is 11.5 Å². The molecule has 2 nitrogen and oxygen atoms in total. The van der Waals surface area contributed by atoms with E-state index in [1.165, 1.54) is 0 Å². The van der Waals surface area contributed by atoms with Crippen molar-refractivity contribution < 1.29 is 0 Å². The van der Waals surface area contributed by atoms with Crippen LogP contribution in [0, 0.1) is 0 Å². The van der Waals surface area contributed by atoms with Crippen LogP contribution in [0.25, 0.3) is 0 Å². The van der Waals surface area contributed by atoms with Gasteiger partial charge in [0, 0.05) is 17.8 Å². The number of nitrogens with two attached hydrogens (primary N) is 2. The Morgan fingerprint density at radius 1 is 1.57 bits per heavy atom. The second kappa shape index (κ2) is 3.29. The van der Waals surface area contributed by atoms with E-state index in [0.29, 0.717) is 5.75 Å². The first-order valence-corrected chi connectivity index (χ1v) is 2.93. The summed E-state index contributed by atoms with van der Waals surface area (Å²) in [5.41, 5.74) is 10.8. The smallest absolute Gasteiger partial charge is 0.0279 e. The summed E-state index contributed by atoms with van der Waals surface area (Å²) in [6, 6.07) is 0.112. The van der Waals surface area contributed by atoms with E-state index in [1.807, 2.05) is 6.92 Å². The fraction of sp³-hybridized carbons (Fsp3) is 1.00. The topological polar surface area (TPSA) is 52.0 Å². The van der Waals surface area contributed by atoms with Gasteiger partial charge >= 0.3 is 0 Å². The molecule has 0 aromatic heterocycles. The fourth-order valence-electron chi connectivity index (χ4n) is 0.166. The van der Waals surface area contributed by atoms with Gasteiger partial charge in [-0.25, -0.2) is 0 Å². The lowest BCUT2D eigenvalue weighted by atomic mass is 10.2. The highest BCUT2D eigenvalue weighted by atomic mass is 32.1. The third-order valence-electron chi connectivity index (χ3n) is 0.886. The standard InChI is InChI=1S/C4H12N2S/c1-3(5)4(6)2-7/h3-4,7H,2,5-6H2,1H3. The Hall–Kier alpha value is 0.270. The van der Waals surface area contributed by atoms with Gasteiger partial charge in [0.05, 0.1) is 0 Å². The number of hydrogen-bond donors (Lipinski definition) is 3.